The van der Waals surface area contributed by atoms with Gasteiger partial charge in [-0.05, 0) is 90.9 Å². The van der Waals surface area contributed by atoms with Gasteiger partial charge in [0.25, 0.3) is 6.43 Å². The Hall–Kier alpha value is -2.78. The average molecular weight is 501 g/mol. The average Bonchev–Trinajstić information content (AvgIpc) is 2.83. The number of hydrogen-bond donors (Lipinski definition) is 1. The number of aromatic nitrogens is 3. The summed E-state index contributed by atoms with van der Waals surface area (Å²) in [5.74, 6) is 0.608. The first-order valence-corrected chi connectivity index (χ1v) is 12.5. The lowest BCUT2D eigenvalue weighted by Gasteiger charge is -2.30. The van der Waals surface area contributed by atoms with Gasteiger partial charge in [0.05, 0.1) is 10.9 Å². The zero-order valence-corrected chi connectivity index (χ0v) is 21.5. The van der Waals surface area contributed by atoms with E-state index in [2.05, 4.69) is 52.3 Å². The van der Waals surface area contributed by atoms with Crippen LogP contribution in [0.4, 0.5) is 19.0 Å². The number of aryl methyl sites for hydroxylation is 2. The third-order valence-corrected chi connectivity index (χ3v) is 6.88. The fraction of sp³-hybridized carbons (Fsp3) is 0.519. The minimum atomic E-state index is -2.86. The minimum absolute atomic E-state index is 0.0338. The van der Waals surface area contributed by atoms with E-state index in [1.165, 1.54) is 17.7 Å². The molecule has 0 radical (unpaired) electrons. The van der Waals surface area contributed by atoms with Gasteiger partial charge in [-0.2, -0.15) is 0 Å². The second-order valence-corrected chi connectivity index (χ2v) is 9.97. The highest BCUT2D eigenvalue weighted by molar-refractivity contribution is 5.87. The number of anilines is 1. The van der Waals surface area contributed by atoms with Crippen molar-refractivity contribution in [3.8, 4) is 0 Å². The second kappa shape index (κ2) is 11.5. The molecule has 0 saturated carbocycles. The Kier molecular flexibility index (Phi) is 8.41. The largest absolute Gasteiger partial charge is 0.365 e. The van der Waals surface area contributed by atoms with Crippen LogP contribution in [0.5, 0.6) is 0 Å². The van der Waals surface area contributed by atoms with Crippen molar-refractivity contribution in [3.05, 3.63) is 58.3 Å². The van der Waals surface area contributed by atoms with Crippen molar-refractivity contribution < 1.29 is 13.2 Å². The zero-order chi connectivity index (χ0) is 25.8. The van der Waals surface area contributed by atoms with E-state index in [-0.39, 0.29) is 12.1 Å². The Morgan fingerprint density at radius 3 is 2.58 bits per heavy atom. The maximum Gasteiger partial charge on any atom is 0.266 e. The highest BCUT2D eigenvalue weighted by Gasteiger charge is 2.24. The standard InChI is InChI=1S/C27H35F3N6/c1-17-32-26(31-16-19-7-5-8-20(24(19)28)25(29)30)22-15-21(18-10-13-36(4)14-11-18)23(34-27(22)33-17)9-6-12-35(2)3/h5,7-8,15,18,25H,6,9-14,16H2,1-4H3,(H,31,32,33,34). The molecule has 0 amide bonds. The molecule has 3 heterocycles. The van der Waals surface area contributed by atoms with Crippen LogP contribution in [0.1, 0.15) is 59.8 Å². The smallest absolute Gasteiger partial charge is 0.266 e. The summed E-state index contributed by atoms with van der Waals surface area (Å²) in [6.07, 6.45) is 1.13. The van der Waals surface area contributed by atoms with Crippen LogP contribution < -0.4 is 5.32 Å². The van der Waals surface area contributed by atoms with Crippen LogP contribution in [0.15, 0.2) is 24.3 Å². The van der Waals surface area contributed by atoms with Gasteiger partial charge in [0.2, 0.25) is 0 Å². The Morgan fingerprint density at radius 1 is 1.14 bits per heavy atom. The Labute approximate surface area is 210 Å². The van der Waals surface area contributed by atoms with Gasteiger partial charge in [0, 0.05) is 17.8 Å². The SMILES string of the molecule is Cc1nc(NCc2cccc(C(F)F)c2F)c2cc(C3CCN(C)CC3)c(CCCN(C)C)nc2n1. The van der Waals surface area contributed by atoms with E-state index in [9.17, 15) is 13.2 Å². The molecule has 1 fully saturated rings. The number of alkyl halides is 2. The summed E-state index contributed by atoms with van der Waals surface area (Å²) in [7, 11) is 6.29. The molecule has 36 heavy (non-hydrogen) atoms. The molecule has 0 spiro atoms. The quantitative estimate of drug-likeness (QED) is 0.429. The molecule has 194 valence electrons. The lowest BCUT2D eigenvalue weighted by molar-refractivity contribution is 0.146. The van der Waals surface area contributed by atoms with Crippen molar-refractivity contribution in [1.82, 2.24) is 24.8 Å². The van der Waals surface area contributed by atoms with E-state index in [0.717, 1.165) is 62.5 Å². The van der Waals surface area contributed by atoms with Gasteiger partial charge < -0.3 is 15.1 Å². The number of nitrogens with zero attached hydrogens (tertiary/aromatic N) is 5. The fourth-order valence-electron chi connectivity index (χ4n) is 4.87. The first kappa shape index (κ1) is 26.3. The third-order valence-electron chi connectivity index (χ3n) is 6.88. The maximum absolute atomic E-state index is 14.6. The summed E-state index contributed by atoms with van der Waals surface area (Å²) < 4.78 is 40.9. The van der Waals surface area contributed by atoms with Crippen molar-refractivity contribution >= 4 is 16.9 Å². The van der Waals surface area contributed by atoms with Crippen LogP contribution in [-0.4, -0.2) is 65.5 Å². The van der Waals surface area contributed by atoms with Crippen LogP contribution in [-0.2, 0) is 13.0 Å². The first-order chi connectivity index (χ1) is 17.2. The van der Waals surface area contributed by atoms with Gasteiger partial charge in [-0.3, -0.25) is 0 Å². The highest BCUT2D eigenvalue weighted by Crippen LogP contribution is 2.34. The topological polar surface area (TPSA) is 57.2 Å². The van der Waals surface area contributed by atoms with E-state index in [0.29, 0.717) is 23.2 Å². The fourth-order valence-corrected chi connectivity index (χ4v) is 4.87. The van der Waals surface area contributed by atoms with E-state index in [4.69, 9.17) is 4.98 Å². The first-order valence-electron chi connectivity index (χ1n) is 12.5. The monoisotopic (exact) mass is 500 g/mol. The molecule has 0 aliphatic carbocycles. The summed E-state index contributed by atoms with van der Waals surface area (Å²) >= 11 is 0. The molecular weight excluding hydrogens is 465 g/mol. The van der Waals surface area contributed by atoms with Crippen LogP contribution >= 0.6 is 0 Å². The van der Waals surface area contributed by atoms with Crippen molar-refractivity contribution in [2.45, 2.75) is 51.5 Å². The molecule has 0 bridgehead atoms. The van der Waals surface area contributed by atoms with Gasteiger partial charge >= 0.3 is 0 Å². The number of fused-ring (bicyclic) bond motifs is 1. The van der Waals surface area contributed by atoms with E-state index in [1.54, 1.807) is 6.92 Å². The van der Waals surface area contributed by atoms with Gasteiger partial charge in [-0.1, -0.05) is 18.2 Å². The van der Waals surface area contributed by atoms with Crippen molar-refractivity contribution in [3.63, 3.8) is 0 Å². The Bertz CT molecular complexity index is 1190. The number of hydrogen-bond acceptors (Lipinski definition) is 6. The number of rotatable bonds is 9. The number of halogens is 3. The lowest BCUT2D eigenvalue weighted by Crippen LogP contribution is -2.29. The van der Waals surface area contributed by atoms with Gasteiger partial charge in [-0.15, -0.1) is 0 Å². The van der Waals surface area contributed by atoms with Crippen LogP contribution in [0.2, 0.25) is 0 Å². The summed E-state index contributed by atoms with van der Waals surface area (Å²) in [4.78, 5) is 18.7. The van der Waals surface area contributed by atoms with Gasteiger partial charge in [-0.25, -0.2) is 28.1 Å². The van der Waals surface area contributed by atoms with Crippen LogP contribution in [0.25, 0.3) is 11.0 Å². The summed E-state index contributed by atoms with van der Waals surface area (Å²) in [6.45, 7) is 4.88. The van der Waals surface area contributed by atoms with Gasteiger partial charge in [0.15, 0.2) is 5.65 Å². The molecule has 1 aliphatic rings. The number of piperidine rings is 1. The molecule has 6 nitrogen and oxygen atoms in total. The number of benzene rings is 1. The molecule has 1 aromatic carbocycles. The summed E-state index contributed by atoms with van der Waals surface area (Å²) in [5.41, 5.74) is 2.49. The molecule has 3 aromatic rings. The number of pyridine rings is 1. The third kappa shape index (κ3) is 6.13. The normalized spacial score (nSPS) is 15.4. The number of likely N-dealkylation sites (tertiary alicyclic amines) is 1. The van der Waals surface area contributed by atoms with Gasteiger partial charge in [0.1, 0.15) is 17.5 Å². The molecule has 0 atom stereocenters. The summed E-state index contributed by atoms with van der Waals surface area (Å²) in [5, 5.41) is 3.95. The molecule has 0 unspecified atom stereocenters. The molecule has 4 rings (SSSR count). The molecular formula is C27H35F3N6. The van der Waals surface area contributed by atoms with Crippen LogP contribution in [0, 0.1) is 12.7 Å². The number of nitrogens with one attached hydrogen (secondary N) is 1. The van der Waals surface area contributed by atoms with Crippen molar-refractivity contribution in [2.24, 2.45) is 0 Å². The molecule has 2 aromatic heterocycles. The zero-order valence-electron chi connectivity index (χ0n) is 21.5. The van der Waals surface area contributed by atoms with E-state index >= 15 is 0 Å². The lowest BCUT2D eigenvalue weighted by atomic mass is 9.87. The second-order valence-electron chi connectivity index (χ2n) is 9.97. The minimum Gasteiger partial charge on any atom is -0.365 e. The highest BCUT2D eigenvalue weighted by atomic mass is 19.3. The Balaban J connectivity index is 1.69. The molecule has 9 heteroatoms. The van der Waals surface area contributed by atoms with Crippen LogP contribution in [0.3, 0.4) is 0 Å². The maximum atomic E-state index is 14.6. The predicted molar refractivity (Wildman–Crippen MR) is 137 cm³/mol. The Morgan fingerprint density at radius 2 is 1.89 bits per heavy atom. The van der Waals surface area contributed by atoms with E-state index < -0.39 is 17.8 Å². The molecule has 1 aliphatic heterocycles. The predicted octanol–water partition coefficient (Wildman–Crippen LogP) is 5.33. The molecule has 1 N–H and O–H groups in total. The molecule has 1 saturated heterocycles. The summed E-state index contributed by atoms with van der Waals surface area (Å²) in [6, 6.07) is 6.22. The van der Waals surface area contributed by atoms with Crippen molar-refractivity contribution in [1.29, 1.82) is 0 Å². The van der Waals surface area contributed by atoms with Crippen molar-refractivity contribution in [2.75, 3.05) is 46.1 Å². The van der Waals surface area contributed by atoms with E-state index in [1.807, 2.05) is 0 Å².